The van der Waals surface area contributed by atoms with E-state index in [0.29, 0.717) is 0 Å². The minimum Gasteiger partial charge on any atom is -0.309 e. The average molecular weight is 124 g/mol. The lowest BCUT2D eigenvalue weighted by molar-refractivity contribution is 1.26. The second-order valence-corrected chi connectivity index (χ2v) is 1.69. The van der Waals surface area contributed by atoms with Crippen molar-refractivity contribution in [1.82, 2.24) is 0 Å². The molecule has 0 fully saturated rings. The van der Waals surface area contributed by atoms with Crippen molar-refractivity contribution in [2.24, 2.45) is 4.99 Å². The molecule has 0 atom stereocenters. The molecular weight excluding hydrogens is 112 g/mol. The summed E-state index contributed by atoms with van der Waals surface area (Å²) < 4.78 is 0. The van der Waals surface area contributed by atoms with Gasteiger partial charge in [0.05, 0.1) is 0 Å². The Hall–Kier alpha value is -0.920. The van der Waals surface area contributed by atoms with Gasteiger partial charge in [-0.05, 0) is 19.4 Å². The van der Waals surface area contributed by atoms with E-state index in [9.17, 15) is 0 Å². The number of hydrogen-bond donors (Lipinski definition) is 1. The molecule has 0 aliphatic carbocycles. The van der Waals surface area contributed by atoms with Crippen molar-refractivity contribution in [2.45, 2.75) is 20.3 Å². The van der Waals surface area contributed by atoms with Crippen LogP contribution in [0.1, 0.15) is 20.3 Å². The van der Waals surface area contributed by atoms with Crippen molar-refractivity contribution in [1.29, 1.82) is 5.41 Å². The van der Waals surface area contributed by atoms with E-state index in [0.717, 1.165) is 12.1 Å². The van der Waals surface area contributed by atoms with Crippen molar-refractivity contribution < 1.29 is 0 Å². The zero-order valence-corrected chi connectivity index (χ0v) is 5.89. The quantitative estimate of drug-likeness (QED) is 0.559. The summed E-state index contributed by atoms with van der Waals surface area (Å²) in [5.41, 5.74) is 0.881. The topological polar surface area (TPSA) is 36.2 Å². The van der Waals surface area contributed by atoms with Crippen LogP contribution in [0.2, 0.25) is 0 Å². The van der Waals surface area contributed by atoms with Crippen molar-refractivity contribution in [2.75, 3.05) is 0 Å². The standard InChI is InChI=1S/C7H12N2/c1-3-6-9-7(2)4-5-8/h4-6,8H,3H2,1-2H3. The molecule has 0 aromatic heterocycles. The third-order valence-electron chi connectivity index (χ3n) is 0.802. The maximum atomic E-state index is 6.69. The van der Waals surface area contributed by atoms with Crippen molar-refractivity contribution in [3.8, 4) is 0 Å². The molecule has 0 aromatic rings. The second kappa shape index (κ2) is 5.22. The van der Waals surface area contributed by atoms with E-state index in [1.807, 2.05) is 20.1 Å². The molecule has 0 radical (unpaired) electrons. The van der Waals surface area contributed by atoms with Gasteiger partial charge in [0.25, 0.3) is 0 Å². The first-order chi connectivity index (χ1) is 4.31. The maximum absolute atomic E-state index is 6.69. The lowest BCUT2D eigenvalue weighted by atomic mass is 10.4. The molecule has 50 valence electrons. The van der Waals surface area contributed by atoms with E-state index >= 15 is 0 Å². The zero-order chi connectivity index (χ0) is 7.11. The third-order valence-corrected chi connectivity index (χ3v) is 0.802. The van der Waals surface area contributed by atoms with Crippen molar-refractivity contribution in [3.63, 3.8) is 0 Å². The monoisotopic (exact) mass is 124 g/mol. The van der Waals surface area contributed by atoms with E-state index in [2.05, 4.69) is 4.99 Å². The first-order valence-electron chi connectivity index (χ1n) is 3.01. The van der Waals surface area contributed by atoms with Gasteiger partial charge < -0.3 is 5.41 Å². The summed E-state index contributed by atoms with van der Waals surface area (Å²) in [7, 11) is 0. The Labute approximate surface area is 55.8 Å². The van der Waals surface area contributed by atoms with Crippen molar-refractivity contribution >= 4 is 12.4 Å². The lowest BCUT2D eigenvalue weighted by Gasteiger charge is -1.84. The van der Waals surface area contributed by atoms with E-state index in [4.69, 9.17) is 5.41 Å². The Kier molecular flexibility index (Phi) is 4.69. The highest BCUT2D eigenvalue weighted by Crippen LogP contribution is 1.90. The van der Waals surface area contributed by atoms with Gasteiger partial charge in [-0.1, -0.05) is 6.92 Å². The van der Waals surface area contributed by atoms with Crippen LogP contribution in [0.3, 0.4) is 0 Å². The van der Waals surface area contributed by atoms with Gasteiger partial charge in [0.15, 0.2) is 0 Å². The minimum atomic E-state index is 0.881. The number of hydrogen-bond acceptors (Lipinski definition) is 2. The molecule has 1 N–H and O–H groups in total. The highest BCUT2D eigenvalue weighted by Gasteiger charge is 1.75. The molecule has 0 unspecified atom stereocenters. The van der Waals surface area contributed by atoms with Crippen molar-refractivity contribution in [3.05, 3.63) is 11.8 Å². The summed E-state index contributed by atoms with van der Waals surface area (Å²) in [5, 5.41) is 6.69. The van der Waals surface area contributed by atoms with Crippen LogP contribution < -0.4 is 0 Å². The molecule has 0 aliphatic heterocycles. The summed E-state index contributed by atoms with van der Waals surface area (Å²) in [6.07, 6.45) is 5.67. The fourth-order valence-corrected chi connectivity index (χ4v) is 0.399. The Bertz CT molecular complexity index is 134. The summed E-state index contributed by atoms with van der Waals surface area (Å²) in [4.78, 5) is 4.02. The highest BCUT2D eigenvalue weighted by atomic mass is 14.7. The number of rotatable bonds is 3. The van der Waals surface area contributed by atoms with Gasteiger partial charge >= 0.3 is 0 Å². The molecule has 0 spiro atoms. The minimum absolute atomic E-state index is 0.881. The first kappa shape index (κ1) is 8.08. The van der Waals surface area contributed by atoms with Crippen LogP contribution in [-0.2, 0) is 0 Å². The van der Waals surface area contributed by atoms with Crippen LogP contribution in [0, 0.1) is 5.41 Å². The Morgan fingerprint density at radius 2 is 2.33 bits per heavy atom. The predicted molar refractivity (Wildman–Crippen MR) is 41.3 cm³/mol. The predicted octanol–water partition coefficient (Wildman–Crippen LogP) is 2.02. The molecule has 0 heterocycles. The molecule has 0 aliphatic rings. The van der Waals surface area contributed by atoms with Crippen LogP contribution >= 0.6 is 0 Å². The molecule has 2 nitrogen and oxygen atoms in total. The third kappa shape index (κ3) is 4.94. The van der Waals surface area contributed by atoms with Gasteiger partial charge in [-0.25, -0.2) is 0 Å². The van der Waals surface area contributed by atoms with Crippen LogP contribution in [0.25, 0.3) is 0 Å². The largest absolute Gasteiger partial charge is 0.309 e. The highest BCUT2D eigenvalue weighted by molar-refractivity contribution is 5.69. The SMILES string of the molecule is CCC=NC(C)=CC=N. The normalized spacial score (nSPS) is 12.4. The van der Waals surface area contributed by atoms with E-state index in [1.165, 1.54) is 6.21 Å². The van der Waals surface area contributed by atoms with Gasteiger partial charge in [0.2, 0.25) is 0 Å². The summed E-state index contributed by atoms with van der Waals surface area (Å²) >= 11 is 0. The van der Waals surface area contributed by atoms with Gasteiger partial charge in [0.1, 0.15) is 0 Å². The van der Waals surface area contributed by atoms with Gasteiger partial charge in [-0.15, -0.1) is 0 Å². The van der Waals surface area contributed by atoms with Crippen LogP contribution in [0.15, 0.2) is 16.8 Å². The fourth-order valence-electron chi connectivity index (χ4n) is 0.399. The molecule has 9 heavy (non-hydrogen) atoms. The summed E-state index contributed by atoms with van der Waals surface area (Å²) in [5.74, 6) is 0. The maximum Gasteiger partial charge on any atom is 0.0383 e. The molecule has 0 rings (SSSR count). The van der Waals surface area contributed by atoms with Gasteiger partial charge in [-0.2, -0.15) is 0 Å². The zero-order valence-electron chi connectivity index (χ0n) is 5.89. The van der Waals surface area contributed by atoms with E-state index in [1.54, 1.807) is 6.08 Å². The smallest absolute Gasteiger partial charge is 0.0383 e. The Morgan fingerprint density at radius 1 is 1.67 bits per heavy atom. The second-order valence-electron chi connectivity index (χ2n) is 1.69. The Balaban J connectivity index is 3.74. The summed E-state index contributed by atoms with van der Waals surface area (Å²) in [6.45, 7) is 3.90. The molecule has 0 aromatic carbocycles. The van der Waals surface area contributed by atoms with Crippen LogP contribution in [0.5, 0.6) is 0 Å². The number of aliphatic imine (C=N–C) groups is 1. The molecule has 0 amide bonds. The Morgan fingerprint density at radius 3 is 2.78 bits per heavy atom. The number of nitrogens with one attached hydrogen (secondary N) is 1. The van der Waals surface area contributed by atoms with E-state index in [-0.39, 0.29) is 0 Å². The lowest BCUT2D eigenvalue weighted by Crippen LogP contribution is -1.72. The fraction of sp³-hybridized carbons (Fsp3) is 0.429. The van der Waals surface area contributed by atoms with Crippen LogP contribution in [0.4, 0.5) is 0 Å². The van der Waals surface area contributed by atoms with E-state index < -0.39 is 0 Å². The van der Waals surface area contributed by atoms with Crippen LogP contribution in [-0.4, -0.2) is 12.4 Å². The van der Waals surface area contributed by atoms with Gasteiger partial charge in [-0.3, -0.25) is 4.99 Å². The van der Waals surface area contributed by atoms with Gasteiger partial charge in [0, 0.05) is 18.1 Å². The molecule has 2 heteroatoms. The molecule has 0 saturated heterocycles. The number of allylic oxidation sites excluding steroid dienone is 2. The average Bonchev–Trinajstić information content (AvgIpc) is 1.85. The molecule has 0 saturated carbocycles. The number of nitrogens with zero attached hydrogens (tertiary/aromatic N) is 1. The summed E-state index contributed by atoms with van der Waals surface area (Å²) in [6, 6.07) is 0. The first-order valence-corrected chi connectivity index (χ1v) is 3.01. The molecule has 0 bridgehead atoms. The molecular formula is C7H12N2.